The minimum atomic E-state index is -0.884. The Kier molecular flexibility index (Phi) is 9.64. The first kappa shape index (κ1) is 22.4. The lowest BCUT2D eigenvalue weighted by molar-refractivity contribution is -0.151. The van der Waals surface area contributed by atoms with Crippen LogP contribution in [-0.4, -0.2) is 17.7 Å². The van der Waals surface area contributed by atoms with Crippen molar-refractivity contribution in [3.63, 3.8) is 0 Å². The van der Waals surface area contributed by atoms with Crippen LogP contribution < -0.4 is 4.74 Å². The van der Waals surface area contributed by atoms with Crippen LogP contribution in [0.2, 0.25) is 0 Å². The standard InChI is InChI=1S/C14H21FO.C6H12O2/c1-5-11-7-8-12(16-10(3)4)9-13(11)14(15)6-2;1-5(7)8-6(2,3)4/h7-10,14H,5-6H2,1-4H3;1-4H3. The van der Waals surface area contributed by atoms with Crippen molar-refractivity contribution in [1.29, 1.82) is 0 Å². The molecule has 3 nitrogen and oxygen atoms in total. The monoisotopic (exact) mass is 340 g/mol. The molecule has 0 amide bonds. The highest BCUT2D eigenvalue weighted by Crippen LogP contribution is 2.29. The predicted molar refractivity (Wildman–Crippen MR) is 97.2 cm³/mol. The molecule has 0 saturated heterocycles. The molecule has 0 heterocycles. The van der Waals surface area contributed by atoms with Crippen molar-refractivity contribution in [3.8, 4) is 5.75 Å². The van der Waals surface area contributed by atoms with E-state index in [1.54, 1.807) is 0 Å². The summed E-state index contributed by atoms with van der Waals surface area (Å²) in [7, 11) is 0. The number of carbonyl (C=O) groups is 1. The van der Waals surface area contributed by atoms with Gasteiger partial charge in [0.1, 0.15) is 17.5 Å². The lowest BCUT2D eigenvalue weighted by Gasteiger charge is -2.17. The van der Waals surface area contributed by atoms with Crippen LogP contribution in [0.3, 0.4) is 0 Å². The first-order valence-corrected chi connectivity index (χ1v) is 8.63. The van der Waals surface area contributed by atoms with Crippen molar-refractivity contribution < 1.29 is 18.7 Å². The van der Waals surface area contributed by atoms with Crippen LogP contribution in [0.5, 0.6) is 5.75 Å². The van der Waals surface area contributed by atoms with E-state index in [4.69, 9.17) is 9.47 Å². The van der Waals surface area contributed by atoms with E-state index in [0.717, 1.165) is 23.3 Å². The molecule has 0 N–H and O–H groups in total. The normalized spacial score (nSPS) is 12.2. The van der Waals surface area contributed by atoms with Crippen molar-refractivity contribution in [3.05, 3.63) is 29.3 Å². The van der Waals surface area contributed by atoms with E-state index >= 15 is 0 Å². The lowest BCUT2D eigenvalue weighted by atomic mass is 9.99. The van der Waals surface area contributed by atoms with E-state index in [-0.39, 0.29) is 17.7 Å². The summed E-state index contributed by atoms with van der Waals surface area (Å²) in [5.41, 5.74) is 1.53. The fraction of sp³-hybridized carbons (Fsp3) is 0.650. The van der Waals surface area contributed by atoms with Crippen LogP contribution in [-0.2, 0) is 16.0 Å². The van der Waals surface area contributed by atoms with E-state index in [9.17, 15) is 9.18 Å². The van der Waals surface area contributed by atoms with Crippen molar-refractivity contribution in [2.24, 2.45) is 0 Å². The molecule has 1 rings (SSSR count). The summed E-state index contributed by atoms with van der Waals surface area (Å²) in [5, 5.41) is 0. The SMILES string of the molecule is CC(=O)OC(C)(C)C.CCc1ccc(OC(C)C)cc1C(F)CC. The smallest absolute Gasteiger partial charge is 0.303 e. The molecule has 0 aliphatic rings. The average Bonchev–Trinajstić information content (AvgIpc) is 2.43. The molecule has 0 aliphatic carbocycles. The Morgan fingerprint density at radius 1 is 1.21 bits per heavy atom. The van der Waals surface area contributed by atoms with Crippen molar-refractivity contribution in [1.82, 2.24) is 0 Å². The Balaban J connectivity index is 0.000000561. The number of alkyl halides is 1. The molecule has 0 fully saturated rings. The number of aryl methyl sites for hydroxylation is 1. The zero-order chi connectivity index (χ0) is 18.9. The van der Waals surface area contributed by atoms with Crippen LogP contribution in [0.15, 0.2) is 18.2 Å². The molecule has 4 heteroatoms. The molecule has 0 aromatic heterocycles. The topological polar surface area (TPSA) is 35.5 Å². The first-order valence-electron chi connectivity index (χ1n) is 8.63. The van der Waals surface area contributed by atoms with Gasteiger partial charge in [-0.3, -0.25) is 4.79 Å². The molecule has 138 valence electrons. The molecule has 0 aliphatic heterocycles. The van der Waals surface area contributed by atoms with Gasteiger partial charge in [0.25, 0.3) is 0 Å². The van der Waals surface area contributed by atoms with Crippen LogP contribution in [0.25, 0.3) is 0 Å². The van der Waals surface area contributed by atoms with Crippen molar-refractivity contribution in [2.45, 2.75) is 86.1 Å². The van der Waals surface area contributed by atoms with Crippen LogP contribution in [0.1, 0.15) is 79.1 Å². The van der Waals surface area contributed by atoms with Crippen LogP contribution in [0.4, 0.5) is 4.39 Å². The summed E-state index contributed by atoms with van der Waals surface area (Å²) in [6, 6.07) is 5.73. The van der Waals surface area contributed by atoms with E-state index in [2.05, 4.69) is 0 Å². The van der Waals surface area contributed by atoms with Crippen LogP contribution in [0, 0.1) is 0 Å². The minimum Gasteiger partial charge on any atom is -0.491 e. The number of carbonyl (C=O) groups excluding carboxylic acids is 1. The Hall–Kier alpha value is -1.58. The predicted octanol–water partition coefficient (Wildman–Crippen LogP) is 5.80. The quantitative estimate of drug-likeness (QED) is 0.635. The summed E-state index contributed by atoms with van der Waals surface area (Å²) < 4.78 is 24.2. The minimum absolute atomic E-state index is 0.125. The summed E-state index contributed by atoms with van der Waals surface area (Å²) in [4.78, 5) is 10.2. The van der Waals surface area contributed by atoms with Gasteiger partial charge in [0, 0.05) is 6.92 Å². The number of rotatable bonds is 5. The van der Waals surface area contributed by atoms with Crippen LogP contribution >= 0.6 is 0 Å². The van der Waals surface area contributed by atoms with Gasteiger partial charge in [0.05, 0.1) is 6.10 Å². The zero-order valence-corrected chi connectivity index (χ0v) is 16.4. The molecule has 0 saturated carbocycles. The van der Waals surface area contributed by atoms with Gasteiger partial charge in [-0.15, -0.1) is 0 Å². The molecule has 1 unspecified atom stereocenters. The maximum atomic E-state index is 13.8. The van der Waals surface area contributed by atoms with Gasteiger partial charge < -0.3 is 9.47 Å². The van der Waals surface area contributed by atoms with Gasteiger partial charge in [-0.25, -0.2) is 4.39 Å². The van der Waals surface area contributed by atoms with E-state index in [1.807, 2.05) is 66.7 Å². The molecule has 1 atom stereocenters. The second-order valence-corrected chi connectivity index (χ2v) is 6.96. The van der Waals surface area contributed by atoms with Gasteiger partial charge in [0.15, 0.2) is 0 Å². The lowest BCUT2D eigenvalue weighted by Crippen LogP contribution is -2.21. The number of ether oxygens (including phenoxy) is 2. The Bertz CT molecular complexity index is 504. The molecule has 1 aromatic carbocycles. The first-order chi connectivity index (χ1) is 11.0. The number of hydrogen-bond acceptors (Lipinski definition) is 3. The number of halogens is 1. The molecular weight excluding hydrogens is 307 g/mol. The largest absolute Gasteiger partial charge is 0.491 e. The average molecular weight is 340 g/mol. The van der Waals surface area contributed by atoms with Gasteiger partial charge in [-0.05, 0) is 70.7 Å². The van der Waals surface area contributed by atoms with Gasteiger partial charge in [0.2, 0.25) is 0 Å². The highest BCUT2D eigenvalue weighted by Gasteiger charge is 2.13. The van der Waals surface area contributed by atoms with Crippen molar-refractivity contribution >= 4 is 5.97 Å². The van der Waals surface area contributed by atoms with Gasteiger partial charge >= 0.3 is 5.97 Å². The highest BCUT2D eigenvalue weighted by molar-refractivity contribution is 5.66. The van der Waals surface area contributed by atoms with E-state index < -0.39 is 6.17 Å². The Morgan fingerprint density at radius 2 is 1.79 bits per heavy atom. The summed E-state index contributed by atoms with van der Waals surface area (Å²) in [6.07, 6.45) is 0.612. The number of benzene rings is 1. The second kappa shape index (κ2) is 10.3. The Morgan fingerprint density at radius 3 is 2.12 bits per heavy atom. The number of esters is 1. The van der Waals surface area contributed by atoms with Gasteiger partial charge in [-0.2, -0.15) is 0 Å². The molecule has 1 aromatic rings. The molecular formula is C20H33FO3. The fourth-order valence-corrected chi connectivity index (χ4v) is 2.18. The fourth-order valence-electron chi connectivity index (χ4n) is 2.18. The highest BCUT2D eigenvalue weighted by atomic mass is 19.1. The van der Waals surface area contributed by atoms with Crippen molar-refractivity contribution in [2.75, 3.05) is 0 Å². The summed E-state index contributed by atoms with van der Waals surface area (Å²) in [5.74, 6) is 0.538. The maximum absolute atomic E-state index is 13.8. The third-order valence-corrected chi connectivity index (χ3v) is 3.02. The van der Waals surface area contributed by atoms with E-state index in [0.29, 0.717) is 6.42 Å². The maximum Gasteiger partial charge on any atom is 0.303 e. The number of hydrogen-bond donors (Lipinski definition) is 0. The van der Waals surface area contributed by atoms with E-state index in [1.165, 1.54) is 6.92 Å². The molecule has 0 spiro atoms. The van der Waals surface area contributed by atoms with Gasteiger partial charge in [-0.1, -0.05) is 19.9 Å². The third kappa shape index (κ3) is 9.53. The summed E-state index contributed by atoms with van der Waals surface area (Å²) in [6.45, 7) is 14.8. The molecule has 0 bridgehead atoms. The molecule has 0 radical (unpaired) electrons. The second-order valence-electron chi connectivity index (χ2n) is 6.96. The summed E-state index contributed by atoms with van der Waals surface area (Å²) >= 11 is 0. The zero-order valence-electron chi connectivity index (χ0n) is 16.4. The Labute approximate surface area is 146 Å². The third-order valence-electron chi connectivity index (χ3n) is 3.02. The molecule has 24 heavy (non-hydrogen) atoms.